The fourth-order valence-corrected chi connectivity index (χ4v) is 2.99. The Labute approximate surface area is 93.6 Å². The van der Waals surface area contributed by atoms with Crippen LogP contribution in [0.4, 0.5) is 5.69 Å². The van der Waals surface area contributed by atoms with Crippen LogP contribution in [-0.2, 0) is 0 Å². The highest BCUT2D eigenvalue weighted by atomic mass is 32.2. The molecule has 5 heteroatoms. The Morgan fingerprint density at radius 1 is 1.40 bits per heavy atom. The number of aromatic nitrogens is 2. The van der Waals surface area contributed by atoms with Gasteiger partial charge in [-0.05, 0) is 12.8 Å². The van der Waals surface area contributed by atoms with Gasteiger partial charge in [-0.1, -0.05) is 12.8 Å². The van der Waals surface area contributed by atoms with E-state index in [9.17, 15) is 0 Å². The van der Waals surface area contributed by atoms with Gasteiger partial charge in [0.05, 0.1) is 7.11 Å². The first-order valence-corrected chi connectivity index (χ1v) is 6.00. The maximum atomic E-state index is 5.90. The van der Waals surface area contributed by atoms with E-state index in [1.165, 1.54) is 32.0 Å². The van der Waals surface area contributed by atoms with Gasteiger partial charge in [-0.2, -0.15) is 4.98 Å². The Kier molecular flexibility index (Phi) is 3.30. The first-order chi connectivity index (χ1) is 7.31. The zero-order valence-electron chi connectivity index (χ0n) is 8.77. The molecule has 0 amide bonds. The summed E-state index contributed by atoms with van der Waals surface area (Å²) in [6.45, 7) is 0. The molecule has 15 heavy (non-hydrogen) atoms. The molecule has 1 fully saturated rings. The van der Waals surface area contributed by atoms with Crippen LogP contribution in [0.15, 0.2) is 11.4 Å². The number of nitrogens with zero attached hydrogens (tertiary/aromatic N) is 2. The van der Waals surface area contributed by atoms with Crippen molar-refractivity contribution >= 4 is 17.4 Å². The van der Waals surface area contributed by atoms with E-state index in [2.05, 4.69) is 9.97 Å². The molecule has 0 atom stereocenters. The molecule has 1 saturated carbocycles. The van der Waals surface area contributed by atoms with Gasteiger partial charge >= 0.3 is 0 Å². The summed E-state index contributed by atoms with van der Waals surface area (Å²) < 4.78 is 5.06. The molecule has 2 N–H and O–H groups in total. The molecule has 1 aromatic rings. The third-order valence-electron chi connectivity index (χ3n) is 2.58. The molecule has 0 bridgehead atoms. The minimum atomic E-state index is 0.477. The van der Waals surface area contributed by atoms with Crippen molar-refractivity contribution < 1.29 is 4.74 Å². The normalized spacial score (nSPS) is 16.9. The molecule has 1 aliphatic rings. The lowest BCUT2D eigenvalue weighted by atomic mass is 10.4. The van der Waals surface area contributed by atoms with Crippen molar-refractivity contribution in [1.82, 2.24) is 9.97 Å². The fraction of sp³-hybridized carbons (Fsp3) is 0.600. The molecule has 0 saturated heterocycles. The van der Waals surface area contributed by atoms with Gasteiger partial charge in [-0.3, -0.25) is 0 Å². The second-order valence-electron chi connectivity index (χ2n) is 3.63. The topological polar surface area (TPSA) is 61.0 Å². The Balaban J connectivity index is 2.13. The number of hydrogen-bond acceptors (Lipinski definition) is 5. The zero-order valence-corrected chi connectivity index (χ0v) is 9.59. The minimum absolute atomic E-state index is 0.477. The largest absolute Gasteiger partial charge is 0.479 e. The molecule has 0 aromatic carbocycles. The highest BCUT2D eigenvalue weighted by Gasteiger charge is 2.19. The van der Waals surface area contributed by atoms with Gasteiger partial charge in [-0.25, -0.2) is 4.98 Å². The van der Waals surface area contributed by atoms with Crippen LogP contribution >= 0.6 is 11.8 Å². The predicted molar refractivity (Wildman–Crippen MR) is 61.1 cm³/mol. The molecule has 1 heterocycles. The SMILES string of the molecule is COc1ncnc(SC2CCCC2)c1N. The van der Waals surface area contributed by atoms with Gasteiger partial charge in [0.25, 0.3) is 0 Å². The van der Waals surface area contributed by atoms with Gasteiger partial charge in [0.2, 0.25) is 5.88 Å². The quantitative estimate of drug-likeness (QED) is 0.798. The standard InChI is InChI=1S/C10H15N3OS/c1-14-9-8(11)10(13-6-12-9)15-7-4-2-3-5-7/h6-7H,2-5,11H2,1H3. The van der Waals surface area contributed by atoms with Gasteiger partial charge < -0.3 is 10.5 Å². The first-order valence-electron chi connectivity index (χ1n) is 5.12. The summed E-state index contributed by atoms with van der Waals surface area (Å²) in [4.78, 5) is 8.16. The van der Waals surface area contributed by atoms with Crippen LogP contribution in [0.25, 0.3) is 0 Å². The van der Waals surface area contributed by atoms with Crippen LogP contribution in [-0.4, -0.2) is 22.3 Å². The van der Waals surface area contributed by atoms with Crippen LogP contribution in [0.2, 0.25) is 0 Å². The number of nitrogen functional groups attached to an aromatic ring is 1. The lowest BCUT2D eigenvalue weighted by molar-refractivity contribution is 0.397. The molecule has 2 rings (SSSR count). The molecule has 82 valence electrons. The summed E-state index contributed by atoms with van der Waals surface area (Å²) in [5.74, 6) is 0.477. The van der Waals surface area contributed by atoms with Gasteiger partial charge in [0, 0.05) is 5.25 Å². The van der Waals surface area contributed by atoms with Crippen molar-refractivity contribution in [3.8, 4) is 5.88 Å². The van der Waals surface area contributed by atoms with Crippen LogP contribution < -0.4 is 10.5 Å². The molecule has 1 aromatic heterocycles. The molecule has 0 spiro atoms. The molecule has 0 unspecified atom stereocenters. The van der Waals surface area contributed by atoms with Crippen molar-refractivity contribution in [2.75, 3.05) is 12.8 Å². The van der Waals surface area contributed by atoms with E-state index in [1.54, 1.807) is 18.9 Å². The third-order valence-corrected chi connectivity index (χ3v) is 3.94. The predicted octanol–water partition coefficient (Wildman–Crippen LogP) is 2.10. The van der Waals surface area contributed by atoms with Crippen molar-refractivity contribution in [2.45, 2.75) is 36.0 Å². The Bertz CT molecular complexity index is 339. The van der Waals surface area contributed by atoms with E-state index in [-0.39, 0.29) is 0 Å². The van der Waals surface area contributed by atoms with Crippen molar-refractivity contribution in [3.63, 3.8) is 0 Å². The maximum Gasteiger partial charge on any atom is 0.241 e. The molecule has 0 radical (unpaired) electrons. The molecular weight excluding hydrogens is 210 g/mol. The monoisotopic (exact) mass is 225 g/mol. The summed E-state index contributed by atoms with van der Waals surface area (Å²) in [5, 5.41) is 1.51. The second kappa shape index (κ2) is 4.70. The summed E-state index contributed by atoms with van der Waals surface area (Å²) in [6.07, 6.45) is 6.67. The lowest BCUT2D eigenvalue weighted by Crippen LogP contribution is -2.02. The van der Waals surface area contributed by atoms with Crippen LogP contribution in [0.5, 0.6) is 5.88 Å². The number of anilines is 1. The number of ether oxygens (including phenoxy) is 1. The van der Waals surface area contributed by atoms with E-state index >= 15 is 0 Å². The first kappa shape index (κ1) is 10.5. The minimum Gasteiger partial charge on any atom is -0.479 e. The smallest absolute Gasteiger partial charge is 0.241 e. The van der Waals surface area contributed by atoms with E-state index < -0.39 is 0 Å². The fourth-order valence-electron chi connectivity index (χ4n) is 1.78. The maximum absolute atomic E-state index is 5.90. The van der Waals surface area contributed by atoms with Crippen molar-refractivity contribution in [2.24, 2.45) is 0 Å². The van der Waals surface area contributed by atoms with Gasteiger partial charge in [-0.15, -0.1) is 11.8 Å². The summed E-state index contributed by atoms with van der Waals surface area (Å²) in [7, 11) is 1.57. The van der Waals surface area contributed by atoms with Crippen molar-refractivity contribution in [3.05, 3.63) is 6.33 Å². The third kappa shape index (κ3) is 2.34. The number of methoxy groups -OCH3 is 1. The van der Waals surface area contributed by atoms with E-state index in [0.29, 0.717) is 16.8 Å². The Morgan fingerprint density at radius 2 is 2.13 bits per heavy atom. The number of hydrogen-bond donors (Lipinski definition) is 1. The van der Waals surface area contributed by atoms with E-state index in [4.69, 9.17) is 10.5 Å². The highest BCUT2D eigenvalue weighted by molar-refractivity contribution is 8.00. The number of thioether (sulfide) groups is 1. The average Bonchev–Trinajstić information content (AvgIpc) is 2.74. The molecular formula is C10H15N3OS. The number of rotatable bonds is 3. The molecule has 4 nitrogen and oxygen atoms in total. The summed E-state index contributed by atoms with van der Waals surface area (Å²) >= 11 is 1.75. The van der Waals surface area contributed by atoms with Gasteiger partial charge in [0.15, 0.2) is 0 Å². The molecule has 1 aliphatic carbocycles. The number of nitrogens with two attached hydrogens (primary N) is 1. The lowest BCUT2D eigenvalue weighted by Gasteiger charge is -2.10. The highest BCUT2D eigenvalue weighted by Crippen LogP contribution is 2.37. The Morgan fingerprint density at radius 3 is 2.80 bits per heavy atom. The van der Waals surface area contributed by atoms with Crippen molar-refractivity contribution in [1.29, 1.82) is 0 Å². The second-order valence-corrected chi connectivity index (χ2v) is 4.92. The van der Waals surface area contributed by atoms with E-state index in [0.717, 1.165) is 5.03 Å². The van der Waals surface area contributed by atoms with Crippen LogP contribution in [0, 0.1) is 0 Å². The summed E-state index contributed by atoms with van der Waals surface area (Å²) in [6, 6.07) is 0. The van der Waals surface area contributed by atoms with Gasteiger partial charge in [0.1, 0.15) is 17.0 Å². The Hall–Kier alpha value is -0.970. The zero-order chi connectivity index (χ0) is 10.7. The molecule has 0 aliphatic heterocycles. The summed E-state index contributed by atoms with van der Waals surface area (Å²) in [5.41, 5.74) is 6.47. The van der Waals surface area contributed by atoms with E-state index in [1.807, 2.05) is 0 Å². The van der Waals surface area contributed by atoms with Crippen LogP contribution in [0.3, 0.4) is 0 Å². The average molecular weight is 225 g/mol. The van der Waals surface area contributed by atoms with Crippen LogP contribution in [0.1, 0.15) is 25.7 Å².